The minimum Gasteiger partial charge on any atom is -0.361 e. The number of carbonyl (C=O) groups is 3. The van der Waals surface area contributed by atoms with Crippen molar-refractivity contribution in [2.24, 2.45) is 0 Å². The summed E-state index contributed by atoms with van der Waals surface area (Å²) in [6, 6.07) is 7.54. The summed E-state index contributed by atoms with van der Waals surface area (Å²) in [6.07, 6.45) is 3.15. The van der Waals surface area contributed by atoms with Gasteiger partial charge in [-0.2, -0.15) is 0 Å². The maximum absolute atomic E-state index is 12.7. The molecule has 124 valence electrons. The summed E-state index contributed by atoms with van der Waals surface area (Å²) in [7, 11) is 0. The number of piperidine rings is 1. The summed E-state index contributed by atoms with van der Waals surface area (Å²) < 4.78 is 0. The van der Waals surface area contributed by atoms with Crippen LogP contribution in [0, 0.1) is 0 Å². The molecule has 3 heterocycles. The lowest BCUT2D eigenvalue weighted by Gasteiger charge is -2.35. The van der Waals surface area contributed by atoms with Gasteiger partial charge in [-0.3, -0.25) is 19.3 Å². The molecule has 1 aromatic carbocycles. The Kier molecular flexibility index (Phi) is 3.80. The summed E-state index contributed by atoms with van der Waals surface area (Å²) in [6.45, 7) is 1.13. The second-order valence-corrected chi connectivity index (χ2v) is 7.05. The van der Waals surface area contributed by atoms with Gasteiger partial charge in [-0.1, -0.05) is 17.8 Å². The highest BCUT2D eigenvalue weighted by Crippen LogP contribution is 2.27. The van der Waals surface area contributed by atoms with Crippen LogP contribution in [0.15, 0.2) is 30.5 Å². The predicted molar refractivity (Wildman–Crippen MR) is 91.9 cm³/mol. The lowest BCUT2D eigenvalue weighted by atomic mass is 10.0. The molecule has 0 atom stereocenters. The summed E-state index contributed by atoms with van der Waals surface area (Å²) in [5.74, 6) is 0.138. The summed E-state index contributed by atoms with van der Waals surface area (Å²) in [4.78, 5) is 42.6. The van der Waals surface area contributed by atoms with Crippen LogP contribution in [0.1, 0.15) is 23.2 Å². The van der Waals surface area contributed by atoms with E-state index in [0.29, 0.717) is 31.5 Å². The average Bonchev–Trinajstić information content (AvgIpc) is 3.20. The maximum Gasteiger partial charge on any atom is 0.289 e. The standard InChI is InChI=1S/C17H17N3O3S/c21-15-10-24-17(23)20(15)13-4-7-19(8-5-13)16(22)12-2-1-11-3-6-18-14(11)9-12/h1-3,6,9,13,18H,4-5,7-8,10H2. The van der Waals surface area contributed by atoms with Crippen molar-refractivity contribution in [1.82, 2.24) is 14.8 Å². The first kappa shape index (κ1) is 15.3. The largest absolute Gasteiger partial charge is 0.361 e. The van der Waals surface area contributed by atoms with Crippen molar-refractivity contribution in [2.45, 2.75) is 18.9 Å². The summed E-state index contributed by atoms with van der Waals surface area (Å²) in [5, 5.41) is 0.927. The molecule has 24 heavy (non-hydrogen) atoms. The maximum atomic E-state index is 12.7. The highest BCUT2D eigenvalue weighted by molar-refractivity contribution is 8.14. The fraction of sp³-hybridized carbons (Fsp3) is 0.353. The zero-order chi connectivity index (χ0) is 16.7. The van der Waals surface area contributed by atoms with Gasteiger partial charge in [0.15, 0.2) is 0 Å². The minimum atomic E-state index is -0.151. The van der Waals surface area contributed by atoms with Crippen molar-refractivity contribution in [1.29, 1.82) is 0 Å². The van der Waals surface area contributed by atoms with Crippen molar-refractivity contribution in [2.75, 3.05) is 18.8 Å². The van der Waals surface area contributed by atoms with Gasteiger partial charge in [0.1, 0.15) is 0 Å². The van der Waals surface area contributed by atoms with E-state index in [4.69, 9.17) is 0 Å². The van der Waals surface area contributed by atoms with Crippen molar-refractivity contribution in [3.05, 3.63) is 36.0 Å². The SMILES string of the molecule is O=C(c1ccc2cc[nH]c2c1)N1CCC(N2C(=O)CSC2=O)CC1. The topological polar surface area (TPSA) is 73.5 Å². The molecule has 2 fully saturated rings. The second-order valence-electron chi connectivity index (χ2n) is 6.12. The molecule has 4 rings (SSSR count). The molecule has 1 aromatic heterocycles. The number of imide groups is 1. The van der Waals surface area contributed by atoms with Crippen LogP contribution in [-0.4, -0.2) is 56.7 Å². The van der Waals surface area contributed by atoms with Crippen LogP contribution in [0.4, 0.5) is 4.79 Å². The van der Waals surface area contributed by atoms with E-state index in [2.05, 4.69) is 4.98 Å². The Balaban J connectivity index is 1.44. The Morgan fingerprint density at radius 3 is 2.67 bits per heavy atom. The first-order chi connectivity index (χ1) is 11.6. The first-order valence-corrected chi connectivity index (χ1v) is 8.97. The molecular formula is C17H17N3O3S. The number of carbonyl (C=O) groups excluding carboxylic acids is 3. The lowest BCUT2D eigenvalue weighted by molar-refractivity contribution is -0.126. The quantitative estimate of drug-likeness (QED) is 0.909. The predicted octanol–water partition coefficient (Wildman–Crippen LogP) is 2.47. The molecule has 0 radical (unpaired) electrons. The van der Waals surface area contributed by atoms with Crippen molar-refractivity contribution < 1.29 is 14.4 Å². The van der Waals surface area contributed by atoms with Crippen molar-refractivity contribution >= 4 is 39.7 Å². The van der Waals surface area contributed by atoms with Gasteiger partial charge in [0, 0.05) is 36.4 Å². The number of hydrogen-bond acceptors (Lipinski definition) is 4. The third-order valence-corrected chi connectivity index (χ3v) is 5.54. The number of fused-ring (bicyclic) bond motifs is 1. The molecule has 0 aliphatic carbocycles. The van der Waals surface area contributed by atoms with Crippen LogP contribution in [0.3, 0.4) is 0 Å². The van der Waals surface area contributed by atoms with Gasteiger partial charge in [0.25, 0.3) is 11.1 Å². The number of nitrogens with one attached hydrogen (secondary N) is 1. The third kappa shape index (κ3) is 2.58. The van der Waals surface area contributed by atoms with Gasteiger partial charge in [0.05, 0.1) is 5.75 Å². The number of aromatic amines is 1. The van der Waals surface area contributed by atoms with E-state index < -0.39 is 0 Å². The molecule has 1 N–H and O–H groups in total. The minimum absolute atomic E-state index is 0.00148. The van der Waals surface area contributed by atoms with Gasteiger partial charge in [-0.15, -0.1) is 0 Å². The van der Waals surface area contributed by atoms with Crippen LogP contribution in [0.25, 0.3) is 10.9 Å². The van der Waals surface area contributed by atoms with Crippen LogP contribution in [0.2, 0.25) is 0 Å². The van der Waals surface area contributed by atoms with Crippen LogP contribution < -0.4 is 0 Å². The molecular weight excluding hydrogens is 326 g/mol. The summed E-state index contributed by atoms with van der Waals surface area (Å²) in [5.41, 5.74) is 1.60. The summed E-state index contributed by atoms with van der Waals surface area (Å²) >= 11 is 1.07. The van der Waals surface area contributed by atoms with Crippen LogP contribution >= 0.6 is 11.8 Å². The molecule has 2 aliphatic heterocycles. The van der Waals surface area contributed by atoms with Gasteiger partial charge >= 0.3 is 0 Å². The van der Waals surface area contributed by atoms with Gasteiger partial charge < -0.3 is 9.88 Å². The fourth-order valence-electron chi connectivity index (χ4n) is 3.41. The van der Waals surface area contributed by atoms with E-state index in [1.54, 1.807) is 4.90 Å². The highest BCUT2D eigenvalue weighted by Gasteiger charge is 2.38. The number of aromatic nitrogens is 1. The molecule has 0 bridgehead atoms. The van der Waals surface area contributed by atoms with Gasteiger partial charge in [-0.05, 0) is 36.4 Å². The molecule has 0 spiro atoms. The number of H-pyrrole nitrogens is 1. The van der Waals surface area contributed by atoms with Gasteiger partial charge in [-0.25, -0.2) is 0 Å². The first-order valence-electron chi connectivity index (χ1n) is 7.99. The number of nitrogens with zero attached hydrogens (tertiary/aromatic N) is 2. The Hall–Kier alpha value is -2.28. The Labute approximate surface area is 143 Å². The molecule has 3 amide bonds. The number of hydrogen-bond donors (Lipinski definition) is 1. The molecule has 2 aromatic rings. The Morgan fingerprint density at radius 1 is 1.17 bits per heavy atom. The monoisotopic (exact) mass is 343 g/mol. The van der Waals surface area contributed by atoms with Crippen molar-refractivity contribution in [3.63, 3.8) is 0 Å². The zero-order valence-corrected chi connectivity index (χ0v) is 13.8. The number of likely N-dealkylation sites (tertiary alicyclic amines) is 1. The Morgan fingerprint density at radius 2 is 1.96 bits per heavy atom. The normalized spacial score (nSPS) is 19.5. The molecule has 7 heteroatoms. The highest BCUT2D eigenvalue weighted by atomic mass is 32.2. The molecule has 2 saturated heterocycles. The number of rotatable bonds is 2. The number of benzene rings is 1. The molecule has 6 nitrogen and oxygen atoms in total. The molecule has 0 saturated carbocycles. The average molecular weight is 343 g/mol. The fourth-order valence-corrected chi connectivity index (χ4v) is 4.18. The van der Waals surface area contributed by atoms with E-state index in [-0.39, 0.29) is 28.8 Å². The van der Waals surface area contributed by atoms with E-state index in [9.17, 15) is 14.4 Å². The van der Waals surface area contributed by atoms with E-state index >= 15 is 0 Å². The van der Waals surface area contributed by atoms with Crippen molar-refractivity contribution in [3.8, 4) is 0 Å². The third-order valence-electron chi connectivity index (χ3n) is 4.70. The van der Waals surface area contributed by atoms with E-state index in [1.165, 1.54) is 4.90 Å². The Bertz CT molecular complexity index is 807. The number of amides is 3. The van der Waals surface area contributed by atoms with Gasteiger partial charge in [0.2, 0.25) is 5.91 Å². The molecule has 2 aliphatic rings. The van der Waals surface area contributed by atoms with Crippen LogP contribution in [-0.2, 0) is 4.79 Å². The molecule has 0 unspecified atom stereocenters. The smallest absolute Gasteiger partial charge is 0.289 e. The lowest BCUT2D eigenvalue weighted by Crippen LogP contribution is -2.48. The van der Waals surface area contributed by atoms with E-state index in [0.717, 1.165) is 22.7 Å². The number of thioether (sulfide) groups is 1. The second kappa shape index (κ2) is 5.98. The van der Waals surface area contributed by atoms with Crippen LogP contribution in [0.5, 0.6) is 0 Å². The van der Waals surface area contributed by atoms with E-state index in [1.807, 2.05) is 30.5 Å². The zero-order valence-electron chi connectivity index (χ0n) is 13.0.